The molecule has 0 radical (unpaired) electrons. The van der Waals surface area contributed by atoms with E-state index in [1.165, 1.54) is 0 Å². The van der Waals surface area contributed by atoms with Gasteiger partial charge in [0.1, 0.15) is 4.75 Å². The van der Waals surface area contributed by atoms with Crippen molar-refractivity contribution < 1.29 is 13.2 Å². The number of sulfone groups is 1. The first kappa shape index (κ1) is 15.5. The predicted octanol–water partition coefficient (Wildman–Crippen LogP) is 3.53. The van der Waals surface area contributed by atoms with Gasteiger partial charge in [-0.3, -0.25) is 0 Å². The van der Waals surface area contributed by atoms with Crippen LogP contribution in [0.2, 0.25) is 0 Å². The topological polar surface area (TPSA) is 43.4 Å². The number of allylic oxidation sites excluding steroid dienone is 1. The molecule has 1 aliphatic heterocycles. The summed E-state index contributed by atoms with van der Waals surface area (Å²) in [5.74, 6) is 0.0995. The maximum absolute atomic E-state index is 13.3. The summed E-state index contributed by atoms with van der Waals surface area (Å²) in [6, 6.07) is 8.75. The van der Waals surface area contributed by atoms with Crippen LogP contribution < -0.4 is 0 Å². The van der Waals surface area contributed by atoms with E-state index in [-0.39, 0.29) is 5.92 Å². The number of rotatable bonds is 7. The monoisotopic (exact) mass is 318 g/mol. The van der Waals surface area contributed by atoms with E-state index in [4.69, 9.17) is 4.74 Å². The third-order valence-corrected chi connectivity index (χ3v) is 7.86. The van der Waals surface area contributed by atoms with Crippen molar-refractivity contribution in [2.45, 2.75) is 40.9 Å². The highest BCUT2D eigenvalue weighted by Gasteiger charge is 2.78. The van der Waals surface area contributed by atoms with Gasteiger partial charge in [0.05, 0.1) is 17.1 Å². The fourth-order valence-electron chi connectivity index (χ4n) is 4.01. The van der Waals surface area contributed by atoms with Crippen LogP contribution in [0.25, 0.3) is 0 Å². The molecule has 0 N–H and O–H groups in total. The Labute approximate surface area is 132 Å². The van der Waals surface area contributed by atoms with Crippen molar-refractivity contribution in [3.8, 4) is 0 Å². The predicted molar refractivity (Wildman–Crippen MR) is 87.4 cm³/mol. The van der Waals surface area contributed by atoms with Crippen molar-refractivity contribution in [3.05, 3.63) is 55.6 Å². The molecule has 0 bridgehead atoms. The molecule has 0 aromatic heterocycles. The quantitative estimate of drug-likeness (QED) is 0.722. The Kier molecular flexibility index (Phi) is 3.77. The Morgan fingerprint density at radius 1 is 1.23 bits per heavy atom. The van der Waals surface area contributed by atoms with Crippen LogP contribution in [0.3, 0.4) is 0 Å². The Bertz CT molecular complexity index is 680. The van der Waals surface area contributed by atoms with E-state index in [9.17, 15) is 8.42 Å². The minimum Gasteiger partial charge on any atom is -0.373 e. The maximum atomic E-state index is 13.3. The number of hydrogen-bond donors (Lipinski definition) is 0. The molecule has 3 atom stereocenters. The third kappa shape index (κ3) is 1.94. The van der Waals surface area contributed by atoms with Gasteiger partial charge in [0.2, 0.25) is 0 Å². The van der Waals surface area contributed by atoms with E-state index in [1.54, 1.807) is 30.3 Å². The normalized spacial score (nSPS) is 33.2. The van der Waals surface area contributed by atoms with Gasteiger partial charge < -0.3 is 4.74 Å². The highest BCUT2D eigenvalue weighted by Crippen LogP contribution is 2.66. The summed E-state index contributed by atoms with van der Waals surface area (Å²) >= 11 is 0. The van der Waals surface area contributed by atoms with Crippen LogP contribution in [0.5, 0.6) is 0 Å². The Morgan fingerprint density at radius 3 is 2.55 bits per heavy atom. The van der Waals surface area contributed by atoms with Gasteiger partial charge >= 0.3 is 0 Å². The summed E-state index contributed by atoms with van der Waals surface area (Å²) in [6.07, 6.45) is 6.27. The van der Waals surface area contributed by atoms with Gasteiger partial charge in [-0.25, -0.2) is 8.42 Å². The van der Waals surface area contributed by atoms with Crippen molar-refractivity contribution >= 4 is 9.84 Å². The Morgan fingerprint density at radius 2 is 1.95 bits per heavy atom. The highest BCUT2D eigenvalue weighted by molar-refractivity contribution is 7.93. The van der Waals surface area contributed by atoms with Crippen molar-refractivity contribution in [1.82, 2.24) is 0 Å². The Balaban J connectivity index is 2.07. The van der Waals surface area contributed by atoms with Crippen LogP contribution in [-0.2, 0) is 14.6 Å². The van der Waals surface area contributed by atoms with Gasteiger partial charge in [-0.05, 0) is 37.8 Å². The molecule has 0 spiro atoms. The third-order valence-electron chi connectivity index (χ3n) is 5.14. The second kappa shape index (κ2) is 5.36. The first-order valence-electron chi connectivity index (χ1n) is 7.69. The van der Waals surface area contributed by atoms with Crippen LogP contribution in [0, 0.1) is 5.92 Å². The average molecular weight is 318 g/mol. The SMILES string of the molecule is C=CCC[C@@]1(CC=C)OC[C@H]2C[C@]21S(=O)(=O)c1ccccc1. The zero-order valence-corrected chi connectivity index (χ0v) is 13.5. The van der Waals surface area contributed by atoms with Crippen LogP contribution >= 0.6 is 0 Å². The summed E-state index contributed by atoms with van der Waals surface area (Å²) in [5.41, 5.74) is -0.664. The molecule has 1 aromatic carbocycles. The van der Waals surface area contributed by atoms with Crippen molar-refractivity contribution in [2.75, 3.05) is 6.61 Å². The molecule has 2 aliphatic rings. The van der Waals surface area contributed by atoms with Gasteiger partial charge in [0, 0.05) is 5.92 Å². The minimum absolute atomic E-state index is 0.0995. The largest absolute Gasteiger partial charge is 0.373 e. The van der Waals surface area contributed by atoms with Crippen molar-refractivity contribution in [2.24, 2.45) is 5.92 Å². The Hall–Kier alpha value is -1.39. The second-order valence-corrected chi connectivity index (χ2v) is 8.44. The van der Waals surface area contributed by atoms with E-state index < -0.39 is 20.2 Å². The molecule has 4 heteroatoms. The molecule has 1 aromatic rings. The summed E-state index contributed by atoms with van der Waals surface area (Å²) in [7, 11) is -3.43. The molecule has 2 fully saturated rings. The van der Waals surface area contributed by atoms with E-state index in [0.29, 0.717) is 30.8 Å². The average Bonchev–Trinajstić information content (AvgIpc) is 3.21. The van der Waals surface area contributed by atoms with E-state index >= 15 is 0 Å². The number of benzene rings is 1. The van der Waals surface area contributed by atoms with Gasteiger partial charge in [0.15, 0.2) is 9.84 Å². The zero-order chi connectivity index (χ0) is 15.8. The molecule has 1 heterocycles. The zero-order valence-electron chi connectivity index (χ0n) is 12.7. The van der Waals surface area contributed by atoms with E-state index in [0.717, 1.165) is 6.42 Å². The lowest BCUT2D eigenvalue weighted by Crippen LogP contribution is -2.48. The maximum Gasteiger partial charge on any atom is 0.187 e. The van der Waals surface area contributed by atoms with E-state index in [2.05, 4.69) is 13.2 Å². The summed E-state index contributed by atoms with van der Waals surface area (Å²) in [6.45, 7) is 8.10. The molecule has 0 unspecified atom stereocenters. The van der Waals surface area contributed by atoms with Gasteiger partial charge in [0.25, 0.3) is 0 Å². The van der Waals surface area contributed by atoms with Crippen LogP contribution in [0.15, 0.2) is 60.5 Å². The number of fused-ring (bicyclic) bond motifs is 1. The van der Waals surface area contributed by atoms with Crippen LogP contribution in [0.1, 0.15) is 25.7 Å². The minimum atomic E-state index is -3.43. The first-order chi connectivity index (χ1) is 10.5. The number of hydrogen-bond acceptors (Lipinski definition) is 3. The lowest BCUT2D eigenvalue weighted by molar-refractivity contribution is -0.0223. The highest BCUT2D eigenvalue weighted by atomic mass is 32.2. The number of ether oxygens (including phenoxy) is 1. The van der Waals surface area contributed by atoms with Crippen molar-refractivity contribution in [1.29, 1.82) is 0 Å². The fourth-order valence-corrected chi connectivity index (χ4v) is 6.61. The van der Waals surface area contributed by atoms with Gasteiger partial charge in [-0.15, -0.1) is 13.2 Å². The van der Waals surface area contributed by atoms with Gasteiger partial charge in [-0.1, -0.05) is 30.4 Å². The lowest BCUT2D eigenvalue weighted by Gasteiger charge is -2.36. The molecule has 3 rings (SSSR count). The van der Waals surface area contributed by atoms with E-state index in [1.807, 2.05) is 12.1 Å². The molecule has 118 valence electrons. The first-order valence-corrected chi connectivity index (χ1v) is 9.18. The molecule has 3 nitrogen and oxygen atoms in total. The van der Waals surface area contributed by atoms with Gasteiger partial charge in [-0.2, -0.15) is 0 Å². The van der Waals surface area contributed by atoms with Crippen molar-refractivity contribution in [3.63, 3.8) is 0 Å². The van der Waals surface area contributed by atoms with Crippen LogP contribution in [-0.4, -0.2) is 25.4 Å². The summed E-state index contributed by atoms with van der Waals surface area (Å²) < 4.78 is 31.9. The fraction of sp³-hybridized carbons (Fsp3) is 0.444. The van der Waals surface area contributed by atoms with Crippen LogP contribution in [0.4, 0.5) is 0 Å². The smallest absolute Gasteiger partial charge is 0.187 e. The molecular weight excluding hydrogens is 296 g/mol. The summed E-state index contributed by atoms with van der Waals surface area (Å²) in [4.78, 5) is 0.398. The molecule has 0 amide bonds. The standard InChI is InChI=1S/C18H22O3S/c1-3-5-12-17(11-4-2)18(13-15(18)14-21-17)22(19,20)16-9-7-6-8-10-16/h3-4,6-10,15H,1-2,5,11-14H2/t15-,17-,18+/m1/s1. The molecule has 22 heavy (non-hydrogen) atoms. The molecule has 1 aliphatic carbocycles. The molecular formula is C18H22O3S. The lowest BCUT2D eigenvalue weighted by atomic mass is 9.88. The summed E-state index contributed by atoms with van der Waals surface area (Å²) in [5, 5.41) is 0. The molecule has 1 saturated heterocycles. The molecule has 1 saturated carbocycles. The second-order valence-electron chi connectivity index (χ2n) is 6.23.